The summed E-state index contributed by atoms with van der Waals surface area (Å²) in [5, 5.41) is 12.3. The van der Waals surface area contributed by atoms with Gasteiger partial charge in [-0.15, -0.1) is 11.3 Å². The van der Waals surface area contributed by atoms with Crippen LogP contribution in [0, 0.1) is 12.3 Å². The first-order chi connectivity index (χ1) is 28.1. The van der Waals surface area contributed by atoms with Crippen molar-refractivity contribution in [2.45, 2.75) is 64.3 Å². The molecule has 10 heteroatoms. The van der Waals surface area contributed by atoms with Gasteiger partial charge >= 0.3 is 0 Å². The summed E-state index contributed by atoms with van der Waals surface area (Å²) in [5.74, 6) is -1.86. The zero-order valence-corrected chi connectivity index (χ0v) is 36.4. The van der Waals surface area contributed by atoms with Crippen LogP contribution in [0.4, 0.5) is 19.6 Å². The maximum atomic E-state index is 14.1. The quantitative estimate of drug-likeness (QED) is 0.0684. The molecule has 7 rings (SSSR count). The van der Waals surface area contributed by atoms with Crippen LogP contribution in [0.3, 0.4) is 0 Å². The Hall–Kier alpha value is -4.77. The molecule has 2 aromatic carbocycles. The molecule has 4 aromatic rings. The number of fused-ring (bicyclic) bond motifs is 1. The van der Waals surface area contributed by atoms with E-state index in [1.807, 2.05) is 35.6 Å². The summed E-state index contributed by atoms with van der Waals surface area (Å²) in [5.41, 5.74) is 9.40. The third-order valence-corrected chi connectivity index (χ3v) is 12.9. The number of hydrogen-bond acceptors (Lipinski definition) is 8. The summed E-state index contributed by atoms with van der Waals surface area (Å²) in [6, 6.07) is 22.9. The largest absolute Gasteiger partial charge is 0.384 e. The standard InChI is InChI=1S/C49H61F2N7S/c1-34-14-18-44(55-48(21-22-48)42-16-15-40-29-49(50,51)30-41(40)28-42)54-46(34)39-13-9-12-38(27-39)37(4)53-33-47(5,6)32-52-23-20-43-17-19-45(59-43)58-26-25-57(31-36(58)3)35(2)11-10-24-56(7)8/h9-19,27-28,52-53H,2-4,20-26,29-33H2,1,5-8H3,(H,54,55)/b11-10+. The Morgan fingerprint density at radius 1 is 0.983 bits per heavy atom. The van der Waals surface area contributed by atoms with Gasteiger partial charge in [0.15, 0.2) is 0 Å². The highest BCUT2D eigenvalue weighted by molar-refractivity contribution is 7.16. The molecule has 0 bridgehead atoms. The van der Waals surface area contributed by atoms with Gasteiger partial charge < -0.3 is 30.7 Å². The van der Waals surface area contributed by atoms with Crippen molar-refractivity contribution in [1.82, 2.24) is 25.4 Å². The van der Waals surface area contributed by atoms with Crippen LogP contribution in [0.25, 0.3) is 17.0 Å². The van der Waals surface area contributed by atoms with Crippen molar-refractivity contribution in [1.29, 1.82) is 0 Å². The van der Waals surface area contributed by atoms with Crippen molar-refractivity contribution in [3.63, 3.8) is 0 Å². The van der Waals surface area contributed by atoms with Crippen LogP contribution in [-0.4, -0.2) is 80.6 Å². The number of halogens is 2. The number of alkyl halides is 2. The smallest absolute Gasteiger partial charge is 0.256 e. The monoisotopic (exact) mass is 817 g/mol. The van der Waals surface area contributed by atoms with Gasteiger partial charge in [0.05, 0.1) is 22.8 Å². The normalized spacial score (nSPS) is 17.1. The molecule has 0 unspecified atom stereocenters. The Balaban J connectivity index is 0.874. The van der Waals surface area contributed by atoms with Crippen LogP contribution >= 0.6 is 11.3 Å². The Labute approximate surface area is 354 Å². The maximum Gasteiger partial charge on any atom is 0.256 e. The molecule has 0 radical (unpaired) electrons. The predicted molar refractivity (Wildman–Crippen MR) is 244 cm³/mol. The van der Waals surface area contributed by atoms with Crippen molar-refractivity contribution in [2.24, 2.45) is 5.41 Å². The first kappa shape index (κ1) is 42.4. The zero-order chi connectivity index (χ0) is 42.0. The van der Waals surface area contributed by atoms with Gasteiger partial charge in [0, 0.05) is 73.1 Å². The molecule has 3 heterocycles. The Morgan fingerprint density at radius 2 is 1.78 bits per heavy atom. The van der Waals surface area contributed by atoms with E-state index in [-0.39, 0.29) is 23.8 Å². The van der Waals surface area contributed by atoms with Crippen LogP contribution in [0.15, 0.2) is 110 Å². The van der Waals surface area contributed by atoms with Gasteiger partial charge in [-0.05, 0) is 110 Å². The van der Waals surface area contributed by atoms with E-state index in [9.17, 15) is 8.78 Å². The van der Waals surface area contributed by atoms with Gasteiger partial charge in [0.2, 0.25) is 0 Å². The fraction of sp³-hybridized carbons (Fsp3) is 0.408. The summed E-state index contributed by atoms with van der Waals surface area (Å²) in [6.45, 7) is 25.8. The van der Waals surface area contributed by atoms with Gasteiger partial charge in [-0.1, -0.05) is 82.1 Å². The molecule has 1 saturated heterocycles. The molecular formula is C49H61F2N7S. The zero-order valence-electron chi connectivity index (χ0n) is 35.6. The van der Waals surface area contributed by atoms with Crippen molar-refractivity contribution < 1.29 is 8.78 Å². The maximum absolute atomic E-state index is 14.1. The highest BCUT2D eigenvalue weighted by atomic mass is 32.1. The molecule has 1 aliphatic heterocycles. The summed E-state index contributed by atoms with van der Waals surface area (Å²) in [6.07, 6.45) is 6.80. The first-order valence-electron chi connectivity index (χ1n) is 20.9. The predicted octanol–water partition coefficient (Wildman–Crippen LogP) is 9.64. The SMILES string of the molecule is C=C(NCC(C)(C)CNCCc1ccc(N2CCN(C(=C)/C=C/CN(C)C)CC2=C)s1)c1cccc(-c2nc(NC3(c4ccc5c(c4)CC(F)(F)C5)CC3)ccc2C)c1. The van der Waals surface area contributed by atoms with E-state index in [0.29, 0.717) is 0 Å². The number of anilines is 2. The fourth-order valence-electron chi connectivity index (χ4n) is 8.06. The minimum Gasteiger partial charge on any atom is -0.384 e. The van der Waals surface area contributed by atoms with E-state index in [1.165, 1.54) is 9.88 Å². The molecule has 0 spiro atoms. The average Bonchev–Trinajstić information content (AvgIpc) is 3.69. The van der Waals surface area contributed by atoms with Crippen LogP contribution < -0.4 is 20.9 Å². The second-order valence-corrected chi connectivity index (χ2v) is 18.9. The molecule has 59 heavy (non-hydrogen) atoms. The Bertz CT molecular complexity index is 2210. The molecule has 0 atom stereocenters. The lowest BCUT2D eigenvalue weighted by atomic mass is 9.93. The molecule has 312 valence electrons. The van der Waals surface area contributed by atoms with E-state index in [4.69, 9.17) is 4.98 Å². The molecule has 7 nitrogen and oxygen atoms in total. The van der Waals surface area contributed by atoms with Crippen LogP contribution in [0.5, 0.6) is 0 Å². The molecule has 0 amide bonds. The molecule has 3 N–H and O–H groups in total. The van der Waals surface area contributed by atoms with Gasteiger partial charge in [-0.2, -0.15) is 0 Å². The number of nitrogens with one attached hydrogen (secondary N) is 3. The average molecular weight is 818 g/mol. The molecular weight excluding hydrogens is 757 g/mol. The van der Waals surface area contributed by atoms with Gasteiger partial charge in [0.25, 0.3) is 5.92 Å². The topological polar surface area (TPSA) is 58.7 Å². The summed E-state index contributed by atoms with van der Waals surface area (Å²) in [4.78, 5) is 13.3. The Kier molecular flexibility index (Phi) is 12.5. The number of aromatic nitrogens is 1. The van der Waals surface area contributed by atoms with Crippen LogP contribution in [0.1, 0.15) is 59.4 Å². The number of piperazine rings is 1. The number of aryl methyl sites for hydroxylation is 1. The van der Waals surface area contributed by atoms with E-state index in [0.717, 1.165) is 127 Å². The van der Waals surface area contributed by atoms with Crippen LogP contribution in [0.2, 0.25) is 0 Å². The lowest BCUT2D eigenvalue weighted by Gasteiger charge is -2.38. The fourth-order valence-corrected chi connectivity index (χ4v) is 9.13. The van der Waals surface area contributed by atoms with Crippen molar-refractivity contribution >= 4 is 27.9 Å². The third-order valence-electron chi connectivity index (χ3n) is 11.7. The number of allylic oxidation sites excluding steroid dienone is 1. The first-order valence-corrected chi connectivity index (χ1v) is 21.7. The van der Waals surface area contributed by atoms with Crippen molar-refractivity contribution in [3.8, 4) is 11.3 Å². The number of hydrogen-bond donors (Lipinski definition) is 3. The minimum absolute atomic E-state index is 0.000842. The third kappa shape index (κ3) is 10.5. The number of nitrogens with zero attached hydrogens (tertiary/aromatic N) is 4. The highest BCUT2D eigenvalue weighted by Crippen LogP contribution is 2.49. The second-order valence-electron chi connectivity index (χ2n) is 17.8. The van der Waals surface area contributed by atoms with E-state index < -0.39 is 5.92 Å². The van der Waals surface area contributed by atoms with E-state index in [2.05, 4.69) is 140 Å². The van der Waals surface area contributed by atoms with Crippen molar-refractivity contribution in [2.75, 3.05) is 70.1 Å². The number of likely N-dealkylation sites (N-methyl/N-ethyl adjacent to an activating group) is 1. The highest BCUT2D eigenvalue weighted by Gasteiger charge is 2.46. The lowest BCUT2D eigenvalue weighted by Crippen LogP contribution is -2.43. The number of pyridine rings is 1. The van der Waals surface area contributed by atoms with E-state index >= 15 is 0 Å². The second kappa shape index (κ2) is 17.4. The number of benzene rings is 2. The van der Waals surface area contributed by atoms with E-state index in [1.54, 1.807) is 0 Å². The van der Waals surface area contributed by atoms with Gasteiger partial charge in [0.1, 0.15) is 5.82 Å². The van der Waals surface area contributed by atoms with Crippen LogP contribution in [-0.2, 0) is 24.8 Å². The molecule has 3 aliphatic rings. The summed E-state index contributed by atoms with van der Waals surface area (Å²) >= 11 is 1.86. The molecule has 2 fully saturated rings. The molecule has 2 aliphatic carbocycles. The minimum atomic E-state index is -2.65. The number of thiophene rings is 1. The molecule has 1 saturated carbocycles. The lowest BCUT2D eigenvalue weighted by molar-refractivity contribution is 0.0130. The van der Waals surface area contributed by atoms with Gasteiger partial charge in [-0.3, -0.25) is 0 Å². The Morgan fingerprint density at radius 3 is 2.54 bits per heavy atom. The molecule has 2 aromatic heterocycles. The van der Waals surface area contributed by atoms with Crippen molar-refractivity contribution in [3.05, 3.63) is 143 Å². The van der Waals surface area contributed by atoms with Gasteiger partial charge in [-0.25, -0.2) is 13.8 Å². The summed E-state index contributed by atoms with van der Waals surface area (Å²) < 4.78 is 28.2. The number of rotatable bonds is 18. The summed E-state index contributed by atoms with van der Waals surface area (Å²) in [7, 11) is 4.13.